The predicted molar refractivity (Wildman–Crippen MR) is 76.8 cm³/mol. The molecule has 1 N–H and O–H groups in total. The van der Waals surface area contributed by atoms with Crippen molar-refractivity contribution in [2.45, 2.75) is 52.9 Å². The van der Waals surface area contributed by atoms with Crippen LogP contribution in [0.4, 0.5) is 0 Å². The van der Waals surface area contributed by atoms with Crippen LogP contribution in [-0.4, -0.2) is 35.0 Å². The molecule has 1 aliphatic heterocycles. The van der Waals surface area contributed by atoms with Gasteiger partial charge in [-0.05, 0) is 37.5 Å². The largest absolute Gasteiger partial charge is 0.396 e. The molecule has 114 valence electrons. The van der Waals surface area contributed by atoms with Gasteiger partial charge in [-0.2, -0.15) is 0 Å². The van der Waals surface area contributed by atoms with Crippen molar-refractivity contribution >= 4 is 11.8 Å². The number of rotatable bonds is 4. The van der Waals surface area contributed by atoms with Crippen molar-refractivity contribution in [2.24, 2.45) is 23.2 Å². The lowest BCUT2D eigenvalue weighted by Gasteiger charge is -2.33. The first-order chi connectivity index (χ1) is 9.40. The monoisotopic (exact) mass is 281 g/mol. The number of carbonyl (C=O) groups is 2. The second-order valence-corrected chi connectivity index (χ2v) is 7.05. The summed E-state index contributed by atoms with van der Waals surface area (Å²) in [5.41, 5.74) is -0.541. The minimum Gasteiger partial charge on any atom is -0.396 e. The maximum Gasteiger partial charge on any atom is 0.235 e. The second kappa shape index (κ2) is 5.84. The van der Waals surface area contributed by atoms with Crippen LogP contribution < -0.4 is 0 Å². The molecule has 20 heavy (non-hydrogen) atoms. The van der Waals surface area contributed by atoms with Crippen LogP contribution in [0.3, 0.4) is 0 Å². The first-order valence-corrected chi connectivity index (χ1v) is 7.85. The van der Waals surface area contributed by atoms with Gasteiger partial charge in [-0.3, -0.25) is 14.5 Å². The van der Waals surface area contributed by atoms with E-state index in [-0.39, 0.29) is 36.2 Å². The van der Waals surface area contributed by atoms with Crippen molar-refractivity contribution in [3.8, 4) is 0 Å². The molecule has 0 radical (unpaired) electrons. The highest BCUT2D eigenvalue weighted by Crippen LogP contribution is 2.40. The van der Waals surface area contributed by atoms with Crippen molar-refractivity contribution in [3.05, 3.63) is 0 Å². The van der Waals surface area contributed by atoms with E-state index in [1.54, 1.807) is 0 Å². The summed E-state index contributed by atoms with van der Waals surface area (Å²) in [7, 11) is 0. The van der Waals surface area contributed by atoms with Gasteiger partial charge in [0.15, 0.2) is 0 Å². The van der Waals surface area contributed by atoms with E-state index in [1.807, 2.05) is 20.8 Å². The normalized spacial score (nSPS) is 35.1. The molecule has 1 saturated heterocycles. The molecule has 2 aliphatic rings. The molecule has 4 nitrogen and oxygen atoms in total. The van der Waals surface area contributed by atoms with E-state index >= 15 is 0 Å². The Morgan fingerprint density at radius 1 is 1.25 bits per heavy atom. The third kappa shape index (κ3) is 2.62. The van der Waals surface area contributed by atoms with Gasteiger partial charge in [0.25, 0.3) is 0 Å². The van der Waals surface area contributed by atoms with E-state index in [2.05, 4.69) is 0 Å². The molecule has 0 aromatic heterocycles. The molecule has 1 aliphatic carbocycles. The van der Waals surface area contributed by atoms with E-state index in [9.17, 15) is 14.7 Å². The minimum absolute atomic E-state index is 0.0141. The number of carbonyl (C=O) groups excluding carboxylic acids is 2. The highest BCUT2D eigenvalue weighted by atomic mass is 16.3. The van der Waals surface area contributed by atoms with E-state index < -0.39 is 5.41 Å². The van der Waals surface area contributed by atoms with Crippen molar-refractivity contribution in [2.75, 3.05) is 13.2 Å². The molecule has 4 heteroatoms. The van der Waals surface area contributed by atoms with Crippen LogP contribution in [-0.2, 0) is 9.59 Å². The fourth-order valence-corrected chi connectivity index (χ4v) is 3.54. The average Bonchev–Trinajstić information content (AvgIpc) is 2.64. The zero-order valence-electron chi connectivity index (χ0n) is 12.9. The number of imide groups is 1. The lowest BCUT2D eigenvalue weighted by atomic mass is 9.77. The number of amides is 2. The Morgan fingerprint density at radius 2 is 1.85 bits per heavy atom. The Morgan fingerprint density at radius 3 is 2.35 bits per heavy atom. The van der Waals surface area contributed by atoms with Crippen molar-refractivity contribution in [1.82, 2.24) is 4.90 Å². The molecule has 2 fully saturated rings. The summed E-state index contributed by atoms with van der Waals surface area (Å²) >= 11 is 0. The number of likely N-dealkylation sites (tertiary alicyclic amines) is 1. The van der Waals surface area contributed by atoms with Gasteiger partial charge >= 0.3 is 0 Å². The summed E-state index contributed by atoms with van der Waals surface area (Å²) in [6, 6.07) is 0. The van der Waals surface area contributed by atoms with Crippen LogP contribution in [0.25, 0.3) is 0 Å². The summed E-state index contributed by atoms with van der Waals surface area (Å²) in [5, 5.41) is 9.47. The molecule has 1 saturated carbocycles. The summed E-state index contributed by atoms with van der Waals surface area (Å²) in [6.07, 6.45) is 4.64. The van der Waals surface area contributed by atoms with Crippen molar-refractivity contribution in [1.29, 1.82) is 0 Å². The van der Waals surface area contributed by atoms with E-state index in [4.69, 9.17) is 0 Å². The number of hydrogen-bond donors (Lipinski definition) is 1. The molecule has 0 spiro atoms. The van der Waals surface area contributed by atoms with Crippen LogP contribution >= 0.6 is 0 Å². The Balaban J connectivity index is 2.09. The molecule has 1 heterocycles. The summed E-state index contributed by atoms with van der Waals surface area (Å²) < 4.78 is 0. The van der Waals surface area contributed by atoms with Gasteiger partial charge in [-0.1, -0.05) is 26.7 Å². The third-order valence-corrected chi connectivity index (χ3v) is 5.55. The first kappa shape index (κ1) is 15.5. The summed E-state index contributed by atoms with van der Waals surface area (Å²) in [6.45, 7) is 6.59. The number of nitrogens with zero attached hydrogens (tertiary/aromatic N) is 1. The van der Waals surface area contributed by atoms with Crippen LogP contribution in [0.2, 0.25) is 0 Å². The first-order valence-electron chi connectivity index (χ1n) is 7.85. The standard InChI is InChI=1S/C16H27NO3/c1-11(2)16(3)8-14(19)17(15(16)20)9-12-6-4-5-7-13(12)10-18/h11-13,18H,4-10H2,1-3H3. The van der Waals surface area contributed by atoms with Crippen LogP contribution in [0.1, 0.15) is 52.9 Å². The smallest absolute Gasteiger partial charge is 0.235 e. The van der Waals surface area contributed by atoms with Gasteiger partial charge in [-0.25, -0.2) is 0 Å². The molecule has 2 rings (SSSR count). The Kier molecular flexibility index (Phi) is 4.52. The number of aliphatic hydroxyl groups excluding tert-OH is 1. The Bertz CT molecular complexity index is 393. The van der Waals surface area contributed by atoms with Crippen LogP contribution in [0.15, 0.2) is 0 Å². The lowest BCUT2D eigenvalue weighted by molar-refractivity contribution is -0.143. The fraction of sp³-hybridized carbons (Fsp3) is 0.875. The second-order valence-electron chi connectivity index (χ2n) is 7.05. The zero-order chi connectivity index (χ0) is 14.9. The molecule has 2 amide bonds. The van der Waals surface area contributed by atoms with E-state index in [0.29, 0.717) is 13.0 Å². The maximum atomic E-state index is 12.6. The van der Waals surface area contributed by atoms with Gasteiger partial charge in [0.1, 0.15) is 0 Å². The lowest BCUT2D eigenvalue weighted by Crippen LogP contribution is -2.42. The highest BCUT2D eigenvalue weighted by molar-refractivity contribution is 6.05. The molecule has 0 aromatic rings. The van der Waals surface area contributed by atoms with E-state index in [0.717, 1.165) is 25.7 Å². The third-order valence-electron chi connectivity index (χ3n) is 5.55. The maximum absolute atomic E-state index is 12.6. The predicted octanol–water partition coefficient (Wildman–Crippen LogP) is 2.21. The van der Waals surface area contributed by atoms with Gasteiger partial charge < -0.3 is 5.11 Å². The van der Waals surface area contributed by atoms with E-state index in [1.165, 1.54) is 4.90 Å². The number of aliphatic hydroxyl groups is 1. The van der Waals surface area contributed by atoms with Gasteiger partial charge in [0, 0.05) is 19.6 Å². The van der Waals surface area contributed by atoms with Crippen molar-refractivity contribution in [3.63, 3.8) is 0 Å². The van der Waals surface area contributed by atoms with Gasteiger partial charge in [-0.15, -0.1) is 0 Å². The molecule has 0 bridgehead atoms. The van der Waals surface area contributed by atoms with Crippen LogP contribution in [0.5, 0.6) is 0 Å². The summed E-state index contributed by atoms with van der Waals surface area (Å²) in [4.78, 5) is 26.3. The minimum atomic E-state index is -0.541. The molecular weight excluding hydrogens is 254 g/mol. The summed E-state index contributed by atoms with van der Waals surface area (Å²) in [5.74, 6) is 0.642. The quantitative estimate of drug-likeness (QED) is 0.804. The van der Waals surface area contributed by atoms with Gasteiger partial charge in [0.2, 0.25) is 11.8 Å². The SMILES string of the molecule is CC(C)C1(C)CC(=O)N(CC2CCCCC2CO)C1=O. The van der Waals surface area contributed by atoms with Crippen LogP contribution in [0, 0.1) is 23.2 Å². The van der Waals surface area contributed by atoms with Gasteiger partial charge in [0.05, 0.1) is 5.41 Å². The molecule has 3 unspecified atom stereocenters. The topological polar surface area (TPSA) is 57.6 Å². The zero-order valence-corrected chi connectivity index (χ0v) is 12.9. The molecule has 3 atom stereocenters. The number of hydrogen-bond acceptors (Lipinski definition) is 3. The Labute approximate surface area is 121 Å². The fourth-order valence-electron chi connectivity index (χ4n) is 3.54. The molecular formula is C16H27NO3. The van der Waals surface area contributed by atoms with Crippen molar-refractivity contribution < 1.29 is 14.7 Å². The average molecular weight is 281 g/mol. The Hall–Kier alpha value is -0.900. The highest BCUT2D eigenvalue weighted by Gasteiger charge is 2.50. The molecule has 0 aromatic carbocycles.